The summed E-state index contributed by atoms with van der Waals surface area (Å²) in [5, 5.41) is 9.22. The number of benzene rings is 2. The lowest BCUT2D eigenvalue weighted by atomic mass is 9.82. The molecule has 1 atom stereocenters. The van der Waals surface area contributed by atoms with Crippen molar-refractivity contribution in [2.24, 2.45) is 0 Å². The fraction of sp³-hybridized carbons (Fsp3) is 0.511. The van der Waals surface area contributed by atoms with Gasteiger partial charge in [0.2, 0.25) is 17.8 Å². The highest BCUT2D eigenvalue weighted by Gasteiger charge is 2.43. The lowest BCUT2D eigenvalue weighted by Crippen LogP contribution is -2.52. The van der Waals surface area contributed by atoms with E-state index in [-0.39, 0.29) is 84.4 Å². The quantitative estimate of drug-likeness (QED) is 0.149. The predicted molar refractivity (Wildman–Crippen MR) is 244 cm³/mol. The smallest absolute Gasteiger partial charge is 0.293 e. The maximum Gasteiger partial charge on any atom is 0.293 e. The molecular weight excluding hydrogens is 873 g/mol. The van der Waals surface area contributed by atoms with Crippen molar-refractivity contribution in [3.8, 4) is 11.5 Å². The molecule has 0 spiro atoms. The van der Waals surface area contributed by atoms with Crippen LogP contribution in [0.2, 0.25) is 5.02 Å². The molecule has 4 aromatic rings. The van der Waals surface area contributed by atoms with E-state index in [1.54, 1.807) is 22.9 Å². The van der Waals surface area contributed by atoms with Crippen LogP contribution in [0, 0.1) is 5.82 Å². The molecule has 1 saturated carbocycles. The second-order valence-corrected chi connectivity index (χ2v) is 18.5. The number of ether oxygens (including phenoxy) is 3. The number of halogens is 2. The summed E-state index contributed by atoms with van der Waals surface area (Å²) in [6.07, 6.45) is 7.31. The van der Waals surface area contributed by atoms with Crippen molar-refractivity contribution in [3.63, 3.8) is 0 Å². The molecular formula is C47H55ClFN9O8. The van der Waals surface area contributed by atoms with E-state index in [4.69, 9.17) is 30.8 Å². The molecule has 17 nitrogen and oxygen atoms in total. The molecule has 350 valence electrons. The molecule has 9 rings (SSSR count). The van der Waals surface area contributed by atoms with Gasteiger partial charge in [-0.2, -0.15) is 4.98 Å². The van der Waals surface area contributed by atoms with Crippen LogP contribution in [0.5, 0.6) is 11.5 Å². The lowest BCUT2D eigenvalue weighted by Gasteiger charge is -2.47. The van der Waals surface area contributed by atoms with E-state index >= 15 is 4.39 Å². The Morgan fingerprint density at radius 2 is 1.74 bits per heavy atom. The number of methoxy groups -OCH3 is 1. The number of likely N-dealkylation sites (tertiary alicyclic amines) is 1. The maximum atomic E-state index is 16.4. The number of likely N-dealkylation sites (N-methyl/N-ethyl adjacent to an activating group) is 1. The molecule has 5 aliphatic rings. The highest BCUT2D eigenvalue weighted by molar-refractivity contribution is 6.33. The maximum absolute atomic E-state index is 16.4. The Balaban J connectivity index is 0.759. The van der Waals surface area contributed by atoms with Crippen molar-refractivity contribution in [3.05, 3.63) is 74.4 Å². The Hall–Kier alpha value is -5.85. The molecule has 0 bridgehead atoms. The standard InChI is InChI=1S/C47H55ClFN9O8/c1-25(2)58-35-6-5-28(17-27(35)18-38(46(58)63)65-24-40(60)50-3)52-43-34(48)22-51-47(54-43)56-15-11-30(12-16-56)66-31-19-29(20-31)55-13-9-26(10-14-55)41-37(64-4)21-32-33(42(41)49)23-57(45(32)62)36-7-8-39(59)53-44(36)61/h5-6,17-18,21-22,25-26,29-31,36H,7-16,19-20,23-24H2,1-4H3,(H,50,60)(H,51,52,54)(H,53,59,61)/t29-,31-,36?. The summed E-state index contributed by atoms with van der Waals surface area (Å²) < 4.78 is 35.9. The molecule has 2 aromatic carbocycles. The number of carbonyl (C=O) groups excluding carboxylic acids is 4. The van der Waals surface area contributed by atoms with Gasteiger partial charge >= 0.3 is 0 Å². The summed E-state index contributed by atoms with van der Waals surface area (Å²) in [5.74, 6) is -0.713. The van der Waals surface area contributed by atoms with Gasteiger partial charge in [-0.25, -0.2) is 9.37 Å². The molecule has 1 unspecified atom stereocenters. The highest BCUT2D eigenvalue weighted by Crippen LogP contribution is 2.43. The molecule has 3 saturated heterocycles. The molecule has 4 amide bonds. The highest BCUT2D eigenvalue weighted by atomic mass is 35.5. The number of carbonyl (C=O) groups is 4. The summed E-state index contributed by atoms with van der Waals surface area (Å²) in [7, 11) is 3.00. The minimum absolute atomic E-state index is 0.0145. The number of piperidine rings is 3. The number of pyridine rings is 1. The number of hydrogen-bond donors (Lipinski definition) is 3. The van der Waals surface area contributed by atoms with E-state index in [1.807, 2.05) is 32.0 Å². The monoisotopic (exact) mass is 927 g/mol. The zero-order valence-electron chi connectivity index (χ0n) is 37.5. The first-order chi connectivity index (χ1) is 31.8. The Morgan fingerprint density at radius 3 is 2.44 bits per heavy atom. The Morgan fingerprint density at radius 1 is 0.985 bits per heavy atom. The molecule has 3 N–H and O–H groups in total. The number of hydrogen-bond acceptors (Lipinski definition) is 13. The van der Waals surface area contributed by atoms with Crippen LogP contribution in [0.15, 0.2) is 41.3 Å². The average molecular weight is 928 g/mol. The SMILES string of the molecule is CNC(=O)COc1cc2cc(Nc3nc(N4CCC(O[C@H]5C[C@H](N6CCC(c7c(OC)cc8c(c7F)CN(C7CCC(=O)NC7=O)C8=O)CC6)C5)CC4)ncc3Cl)ccc2n(C(C)C)c1=O. The van der Waals surface area contributed by atoms with Crippen LogP contribution < -0.4 is 35.9 Å². The van der Waals surface area contributed by atoms with E-state index in [0.717, 1.165) is 75.6 Å². The number of rotatable bonds is 13. The molecule has 2 aromatic heterocycles. The lowest BCUT2D eigenvalue weighted by molar-refractivity contribution is -0.137. The first-order valence-electron chi connectivity index (χ1n) is 22.8. The number of nitrogens with one attached hydrogen (secondary N) is 3. The van der Waals surface area contributed by atoms with Gasteiger partial charge in [0.25, 0.3) is 17.4 Å². The number of aromatic nitrogens is 3. The first kappa shape index (κ1) is 45.3. The Labute approximate surface area is 386 Å². The minimum atomic E-state index is -0.814. The summed E-state index contributed by atoms with van der Waals surface area (Å²) in [4.78, 5) is 78.1. The molecule has 4 aliphatic heterocycles. The molecule has 19 heteroatoms. The van der Waals surface area contributed by atoms with Gasteiger partial charge in [0.05, 0.1) is 43.1 Å². The van der Waals surface area contributed by atoms with Crippen molar-refractivity contribution in [1.29, 1.82) is 0 Å². The second-order valence-electron chi connectivity index (χ2n) is 18.1. The van der Waals surface area contributed by atoms with Crippen LogP contribution in [0.4, 0.5) is 21.8 Å². The summed E-state index contributed by atoms with van der Waals surface area (Å²) in [6.45, 7) is 6.62. The largest absolute Gasteiger partial charge is 0.496 e. The van der Waals surface area contributed by atoms with Gasteiger partial charge in [-0.05, 0) is 108 Å². The Bertz CT molecular complexity index is 2620. The summed E-state index contributed by atoms with van der Waals surface area (Å²) >= 11 is 6.60. The first-order valence-corrected chi connectivity index (χ1v) is 23.2. The predicted octanol–water partition coefficient (Wildman–Crippen LogP) is 5.20. The number of imide groups is 1. The van der Waals surface area contributed by atoms with Gasteiger partial charge in [-0.15, -0.1) is 0 Å². The molecule has 4 fully saturated rings. The van der Waals surface area contributed by atoms with Crippen molar-refractivity contribution in [1.82, 2.24) is 35.0 Å². The normalized spacial score (nSPS) is 21.8. The van der Waals surface area contributed by atoms with Gasteiger partial charge in [-0.3, -0.25) is 29.3 Å². The number of fused-ring (bicyclic) bond motifs is 2. The summed E-state index contributed by atoms with van der Waals surface area (Å²) in [5.41, 5.74) is 2.11. The van der Waals surface area contributed by atoms with Crippen molar-refractivity contribution >= 4 is 63.6 Å². The zero-order chi connectivity index (χ0) is 46.4. The zero-order valence-corrected chi connectivity index (χ0v) is 38.3. The third kappa shape index (κ3) is 8.89. The van der Waals surface area contributed by atoms with E-state index < -0.39 is 23.7 Å². The van der Waals surface area contributed by atoms with E-state index in [0.29, 0.717) is 39.8 Å². The van der Waals surface area contributed by atoms with Crippen LogP contribution in [-0.4, -0.2) is 119 Å². The van der Waals surface area contributed by atoms with Gasteiger partial charge in [-0.1, -0.05) is 11.6 Å². The summed E-state index contributed by atoms with van der Waals surface area (Å²) in [6, 6.07) is 8.31. The van der Waals surface area contributed by atoms with Crippen molar-refractivity contribution in [2.45, 2.75) is 108 Å². The third-order valence-electron chi connectivity index (χ3n) is 13.8. The van der Waals surface area contributed by atoms with Crippen LogP contribution in [-0.2, 0) is 25.7 Å². The van der Waals surface area contributed by atoms with E-state index in [9.17, 15) is 24.0 Å². The number of nitrogens with zero attached hydrogens (tertiary/aromatic N) is 6. The van der Waals surface area contributed by atoms with Crippen LogP contribution in [0.25, 0.3) is 10.9 Å². The van der Waals surface area contributed by atoms with E-state index in [2.05, 4.69) is 30.7 Å². The Kier molecular flexibility index (Phi) is 12.9. The third-order valence-corrected chi connectivity index (χ3v) is 14.1. The second kappa shape index (κ2) is 18.8. The van der Waals surface area contributed by atoms with Crippen molar-refractivity contribution < 1.29 is 37.8 Å². The molecule has 66 heavy (non-hydrogen) atoms. The van der Waals surface area contributed by atoms with Crippen LogP contribution in [0.1, 0.15) is 98.7 Å². The van der Waals surface area contributed by atoms with Gasteiger partial charge in [0.1, 0.15) is 22.6 Å². The van der Waals surface area contributed by atoms with Gasteiger partial charge in [0, 0.05) is 60.8 Å². The minimum Gasteiger partial charge on any atom is -0.496 e. The molecule has 1 aliphatic carbocycles. The van der Waals surface area contributed by atoms with E-state index in [1.165, 1.54) is 19.1 Å². The molecule has 6 heterocycles. The number of anilines is 3. The topological polar surface area (TPSA) is 190 Å². The fourth-order valence-electron chi connectivity index (χ4n) is 10.1. The van der Waals surface area contributed by atoms with Crippen LogP contribution >= 0.6 is 11.6 Å². The average Bonchev–Trinajstić information content (AvgIpc) is 3.62. The number of amides is 4. The van der Waals surface area contributed by atoms with Crippen LogP contribution in [0.3, 0.4) is 0 Å². The van der Waals surface area contributed by atoms with Gasteiger partial charge < -0.3 is 44.1 Å². The fourth-order valence-corrected chi connectivity index (χ4v) is 10.3. The van der Waals surface area contributed by atoms with Crippen molar-refractivity contribution in [2.75, 3.05) is 57.2 Å². The molecule has 0 radical (unpaired) electrons. The van der Waals surface area contributed by atoms with Gasteiger partial charge in [0.15, 0.2) is 18.2 Å².